The molecule has 0 saturated heterocycles. The summed E-state index contributed by atoms with van der Waals surface area (Å²) in [6, 6.07) is 5.94. The van der Waals surface area contributed by atoms with Crippen molar-refractivity contribution in [3.05, 3.63) is 56.5 Å². The summed E-state index contributed by atoms with van der Waals surface area (Å²) in [4.78, 5) is 30.9. The fraction of sp³-hybridized carbons (Fsp3) is 0.476. The van der Waals surface area contributed by atoms with Crippen molar-refractivity contribution in [1.29, 1.82) is 0 Å². The first kappa shape index (κ1) is 19.1. The molecule has 2 heterocycles. The van der Waals surface area contributed by atoms with E-state index in [1.54, 1.807) is 10.9 Å². The summed E-state index contributed by atoms with van der Waals surface area (Å²) in [6.45, 7) is 13.3. The first-order chi connectivity index (χ1) is 12.7. The largest absolute Gasteiger partial charge is 0.337 e. The molecule has 0 aliphatic heterocycles. The molecular formula is C21H28N4O2. The molecule has 0 bridgehead atoms. The Morgan fingerprint density at radius 2 is 1.67 bits per heavy atom. The molecule has 1 aromatic carbocycles. The molecule has 0 N–H and O–H groups in total. The lowest BCUT2D eigenvalue weighted by molar-refractivity contribution is 0.485. The van der Waals surface area contributed by atoms with Gasteiger partial charge < -0.3 is 4.57 Å². The van der Waals surface area contributed by atoms with Crippen LogP contribution in [0.4, 0.5) is 0 Å². The summed E-state index contributed by atoms with van der Waals surface area (Å²) in [5, 5.41) is 0. The minimum atomic E-state index is -0.331. The number of benzene rings is 1. The van der Waals surface area contributed by atoms with Gasteiger partial charge in [-0.3, -0.25) is 9.36 Å². The standard InChI is InChI=1S/C21H28N4O2/c1-13(2)10-23-12-22-19-18(23)20(26)24(11-14(3)4)21(27)25(19)17-8-7-15(5)9-16(17)6/h7-9,12-14H,10-11H2,1-6H3. The predicted octanol–water partition coefficient (Wildman–Crippen LogP) is 3.28. The van der Waals surface area contributed by atoms with E-state index in [1.165, 1.54) is 4.57 Å². The van der Waals surface area contributed by atoms with Gasteiger partial charge in [0, 0.05) is 13.1 Å². The van der Waals surface area contributed by atoms with Gasteiger partial charge in [-0.15, -0.1) is 0 Å². The number of aryl methyl sites for hydroxylation is 2. The highest BCUT2D eigenvalue weighted by molar-refractivity contribution is 5.73. The lowest BCUT2D eigenvalue weighted by Gasteiger charge is -2.16. The Bertz CT molecular complexity index is 1100. The second kappa shape index (κ2) is 7.18. The monoisotopic (exact) mass is 368 g/mol. The van der Waals surface area contributed by atoms with Gasteiger partial charge in [-0.1, -0.05) is 45.4 Å². The van der Waals surface area contributed by atoms with Crippen molar-refractivity contribution in [3.63, 3.8) is 0 Å². The van der Waals surface area contributed by atoms with Crippen LogP contribution in [-0.4, -0.2) is 18.7 Å². The zero-order chi connectivity index (χ0) is 19.9. The highest BCUT2D eigenvalue weighted by atomic mass is 16.2. The first-order valence-electron chi connectivity index (χ1n) is 9.49. The van der Waals surface area contributed by atoms with Crippen LogP contribution in [0.2, 0.25) is 0 Å². The number of aromatic nitrogens is 4. The maximum absolute atomic E-state index is 13.3. The third kappa shape index (κ3) is 3.48. The maximum atomic E-state index is 13.3. The zero-order valence-electron chi connectivity index (χ0n) is 17.0. The summed E-state index contributed by atoms with van der Waals surface area (Å²) in [5.74, 6) is 0.545. The van der Waals surface area contributed by atoms with Crippen LogP contribution in [0, 0.1) is 25.7 Å². The molecule has 0 fully saturated rings. The average Bonchev–Trinajstić information content (AvgIpc) is 2.96. The highest BCUT2D eigenvalue weighted by Gasteiger charge is 2.20. The quantitative estimate of drug-likeness (QED) is 0.694. The second-order valence-electron chi connectivity index (χ2n) is 8.18. The fourth-order valence-electron chi connectivity index (χ4n) is 3.51. The maximum Gasteiger partial charge on any atom is 0.337 e. The second-order valence-corrected chi connectivity index (χ2v) is 8.18. The molecule has 0 unspecified atom stereocenters. The molecule has 0 aliphatic carbocycles. The molecule has 3 rings (SSSR count). The molecule has 6 nitrogen and oxygen atoms in total. The molecule has 0 radical (unpaired) electrons. The van der Waals surface area contributed by atoms with Gasteiger partial charge in [0.05, 0.1) is 12.0 Å². The molecule has 0 amide bonds. The van der Waals surface area contributed by atoms with Crippen LogP contribution in [0.3, 0.4) is 0 Å². The summed E-state index contributed by atoms with van der Waals surface area (Å²) in [6.07, 6.45) is 1.67. The number of fused-ring (bicyclic) bond motifs is 1. The van der Waals surface area contributed by atoms with Gasteiger partial charge in [-0.05, 0) is 37.3 Å². The highest BCUT2D eigenvalue weighted by Crippen LogP contribution is 2.18. The van der Waals surface area contributed by atoms with Crippen LogP contribution < -0.4 is 11.2 Å². The summed E-state index contributed by atoms with van der Waals surface area (Å²) in [7, 11) is 0. The molecule has 0 atom stereocenters. The third-order valence-corrected chi connectivity index (χ3v) is 4.60. The number of rotatable bonds is 5. The predicted molar refractivity (Wildman–Crippen MR) is 109 cm³/mol. The van der Waals surface area contributed by atoms with E-state index in [9.17, 15) is 9.59 Å². The fourth-order valence-corrected chi connectivity index (χ4v) is 3.51. The Labute approximate surface area is 159 Å². The van der Waals surface area contributed by atoms with Gasteiger partial charge in [0.15, 0.2) is 11.2 Å². The molecular weight excluding hydrogens is 340 g/mol. The van der Waals surface area contributed by atoms with Gasteiger partial charge >= 0.3 is 5.69 Å². The van der Waals surface area contributed by atoms with Crippen LogP contribution in [0.25, 0.3) is 16.9 Å². The van der Waals surface area contributed by atoms with Crippen molar-refractivity contribution in [2.75, 3.05) is 0 Å². The van der Waals surface area contributed by atoms with Crippen molar-refractivity contribution < 1.29 is 0 Å². The van der Waals surface area contributed by atoms with Crippen molar-refractivity contribution in [1.82, 2.24) is 18.7 Å². The van der Waals surface area contributed by atoms with Crippen LogP contribution in [0.15, 0.2) is 34.1 Å². The lowest BCUT2D eigenvalue weighted by Crippen LogP contribution is -2.41. The van der Waals surface area contributed by atoms with Crippen LogP contribution in [0.1, 0.15) is 38.8 Å². The Morgan fingerprint density at radius 3 is 2.26 bits per heavy atom. The van der Waals surface area contributed by atoms with E-state index < -0.39 is 0 Å². The molecule has 2 aromatic heterocycles. The number of hydrogen-bond acceptors (Lipinski definition) is 3. The van der Waals surface area contributed by atoms with Gasteiger partial charge in [-0.25, -0.2) is 14.3 Å². The van der Waals surface area contributed by atoms with E-state index >= 15 is 0 Å². The molecule has 27 heavy (non-hydrogen) atoms. The molecule has 0 spiro atoms. The van der Waals surface area contributed by atoms with Crippen LogP contribution in [-0.2, 0) is 13.1 Å². The summed E-state index contributed by atoms with van der Waals surface area (Å²) in [5.41, 5.74) is 3.20. The number of imidazole rings is 1. The van der Waals surface area contributed by atoms with Crippen LogP contribution in [0.5, 0.6) is 0 Å². The minimum Gasteiger partial charge on any atom is -0.324 e. The molecule has 144 valence electrons. The van der Waals surface area contributed by atoms with Gasteiger partial charge in [0.1, 0.15) is 0 Å². The summed E-state index contributed by atoms with van der Waals surface area (Å²) < 4.78 is 4.81. The number of nitrogens with zero attached hydrogens (tertiary/aromatic N) is 4. The van der Waals surface area contributed by atoms with Gasteiger partial charge in [-0.2, -0.15) is 0 Å². The van der Waals surface area contributed by atoms with E-state index in [2.05, 4.69) is 18.8 Å². The average molecular weight is 368 g/mol. The smallest absolute Gasteiger partial charge is 0.324 e. The lowest BCUT2D eigenvalue weighted by atomic mass is 10.1. The van der Waals surface area contributed by atoms with Crippen molar-refractivity contribution in [3.8, 4) is 5.69 Å². The molecule has 6 heteroatoms. The van der Waals surface area contributed by atoms with Crippen molar-refractivity contribution in [2.45, 2.75) is 54.6 Å². The third-order valence-electron chi connectivity index (χ3n) is 4.60. The molecule has 0 aliphatic rings. The molecule has 0 saturated carbocycles. The zero-order valence-corrected chi connectivity index (χ0v) is 17.0. The SMILES string of the molecule is Cc1ccc(-n2c(=O)n(CC(C)C)c(=O)c3c2ncn3CC(C)C)c(C)c1. The first-order valence-corrected chi connectivity index (χ1v) is 9.49. The normalized spacial score (nSPS) is 11.9. The minimum absolute atomic E-state index is 0.182. The topological polar surface area (TPSA) is 61.8 Å². The Kier molecular flexibility index (Phi) is 5.09. The summed E-state index contributed by atoms with van der Waals surface area (Å²) >= 11 is 0. The van der Waals surface area contributed by atoms with E-state index in [-0.39, 0.29) is 17.2 Å². The van der Waals surface area contributed by atoms with E-state index in [1.807, 2.05) is 50.5 Å². The Balaban J connectivity index is 2.43. The van der Waals surface area contributed by atoms with Gasteiger partial charge in [0.2, 0.25) is 0 Å². The van der Waals surface area contributed by atoms with Crippen LogP contribution >= 0.6 is 0 Å². The Hall–Kier alpha value is -2.63. The number of hydrogen-bond donors (Lipinski definition) is 0. The van der Waals surface area contributed by atoms with Gasteiger partial charge in [0.25, 0.3) is 5.56 Å². The molecule has 3 aromatic rings. The van der Waals surface area contributed by atoms with E-state index in [0.717, 1.165) is 16.8 Å². The Morgan fingerprint density at radius 1 is 1.00 bits per heavy atom. The van der Waals surface area contributed by atoms with E-state index in [0.29, 0.717) is 30.2 Å². The van der Waals surface area contributed by atoms with Crippen molar-refractivity contribution in [2.24, 2.45) is 11.8 Å². The van der Waals surface area contributed by atoms with Crippen molar-refractivity contribution >= 4 is 11.2 Å². The van der Waals surface area contributed by atoms with E-state index in [4.69, 9.17) is 0 Å².